The highest BCUT2D eigenvalue weighted by Crippen LogP contribution is 2.12. The third-order valence-corrected chi connectivity index (χ3v) is 3.20. The van der Waals surface area contributed by atoms with Gasteiger partial charge in [0.15, 0.2) is 0 Å². The smallest absolute Gasteiger partial charge is 0.254 e. The molecule has 0 saturated heterocycles. The van der Waals surface area contributed by atoms with E-state index in [-0.39, 0.29) is 5.91 Å². The Morgan fingerprint density at radius 2 is 2.24 bits per heavy atom. The number of nitrogens with one attached hydrogen (secondary N) is 1. The van der Waals surface area contributed by atoms with Crippen LogP contribution in [0.5, 0.6) is 0 Å². The topological polar surface area (TPSA) is 42.2 Å². The van der Waals surface area contributed by atoms with Crippen molar-refractivity contribution in [2.24, 2.45) is 5.92 Å². The highest BCUT2D eigenvalue weighted by Gasteiger charge is 2.13. The summed E-state index contributed by atoms with van der Waals surface area (Å²) in [5.74, 6) is 1.25. The van der Waals surface area contributed by atoms with Crippen LogP contribution < -0.4 is 5.32 Å². The van der Waals surface area contributed by atoms with Crippen LogP contribution in [0, 0.1) is 12.8 Å². The molecule has 1 rings (SSSR count). The lowest BCUT2D eigenvalue weighted by Crippen LogP contribution is -2.29. The van der Waals surface area contributed by atoms with Gasteiger partial charge in [-0.25, -0.2) is 0 Å². The lowest BCUT2D eigenvalue weighted by Gasteiger charge is -2.14. The minimum absolute atomic E-state index is 0.0220. The molecule has 0 aromatic carbocycles. The van der Waals surface area contributed by atoms with Gasteiger partial charge in [-0.1, -0.05) is 33.1 Å². The zero-order chi connectivity index (χ0) is 12.7. The highest BCUT2D eigenvalue weighted by molar-refractivity contribution is 5.94. The average Bonchev–Trinajstić information content (AvgIpc) is 2.75. The van der Waals surface area contributed by atoms with Crippen LogP contribution in [0.1, 0.15) is 55.6 Å². The summed E-state index contributed by atoms with van der Waals surface area (Å²) in [5, 5.41) is 2.99. The Bertz CT molecular complexity index is 344. The summed E-state index contributed by atoms with van der Waals surface area (Å²) in [5.41, 5.74) is 0.648. The Kier molecular flexibility index (Phi) is 5.81. The van der Waals surface area contributed by atoms with Crippen molar-refractivity contribution in [3.8, 4) is 0 Å². The first kappa shape index (κ1) is 13.8. The summed E-state index contributed by atoms with van der Waals surface area (Å²) in [6.07, 6.45) is 6.31. The second kappa shape index (κ2) is 7.15. The largest absolute Gasteiger partial charge is 0.469 e. The maximum atomic E-state index is 11.8. The van der Waals surface area contributed by atoms with E-state index in [0.717, 1.165) is 13.0 Å². The van der Waals surface area contributed by atoms with Crippen LogP contribution in [0.15, 0.2) is 16.7 Å². The molecule has 1 aromatic heterocycles. The Morgan fingerprint density at radius 3 is 2.76 bits per heavy atom. The molecule has 1 N–H and O–H groups in total. The van der Waals surface area contributed by atoms with Gasteiger partial charge in [0.1, 0.15) is 5.76 Å². The van der Waals surface area contributed by atoms with E-state index >= 15 is 0 Å². The van der Waals surface area contributed by atoms with Crippen LogP contribution in [-0.4, -0.2) is 12.5 Å². The molecule has 0 radical (unpaired) electrons. The van der Waals surface area contributed by atoms with Gasteiger partial charge in [-0.3, -0.25) is 4.79 Å². The summed E-state index contributed by atoms with van der Waals surface area (Å²) in [6.45, 7) is 6.94. The van der Waals surface area contributed by atoms with E-state index in [9.17, 15) is 4.79 Å². The quantitative estimate of drug-likeness (QED) is 0.788. The average molecular weight is 237 g/mol. The van der Waals surface area contributed by atoms with Crippen molar-refractivity contribution >= 4 is 5.91 Å². The molecule has 17 heavy (non-hydrogen) atoms. The van der Waals surface area contributed by atoms with Crippen molar-refractivity contribution in [3.63, 3.8) is 0 Å². The molecule has 0 saturated carbocycles. The second-order valence-electron chi connectivity index (χ2n) is 4.52. The Hall–Kier alpha value is -1.25. The molecule has 1 amide bonds. The Labute approximate surface area is 104 Å². The number of aryl methyl sites for hydroxylation is 1. The molecule has 1 heterocycles. The molecule has 0 aliphatic rings. The van der Waals surface area contributed by atoms with Crippen molar-refractivity contribution < 1.29 is 9.21 Å². The van der Waals surface area contributed by atoms with Crippen molar-refractivity contribution in [1.82, 2.24) is 5.32 Å². The van der Waals surface area contributed by atoms with Gasteiger partial charge in [-0.15, -0.1) is 0 Å². The summed E-state index contributed by atoms with van der Waals surface area (Å²) < 4.78 is 5.12. The third kappa shape index (κ3) is 4.25. The van der Waals surface area contributed by atoms with Crippen molar-refractivity contribution in [3.05, 3.63) is 23.7 Å². The maximum Gasteiger partial charge on any atom is 0.254 e. The molecule has 0 fully saturated rings. The Morgan fingerprint density at radius 1 is 1.47 bits per heavy atom. The minimum Gasteiger partial charge on any atom is -0.469 e. The molecular formula is C14H23NO2. The first-order valence-electron chi connectivity index (χ1n) is 6.51. The molecule has 0 spiro atoms. The van der Waals surface area contributed by atoms with Crippen LogP contribution >= 0.6 is 0 Å². The molecule has 0 aliphatic heterocycles. The van der Waals surface area contributed by atoms with E-state index in [1.807, 2.05) is 6.92 Å². The van der Waals surface area contributed by atoms with Crippen molar-refractivity contribution in [1.29, 1.82) is 0 Å². The van der Waals surface area contributed by atoms with Gasteiger partial charge in [0.25, 0.3) is 5.91 Å². The molecule has 1 atom stereocenters. The van der Waals surface area contributed by atoms with Gasteiger partial charge in [0, 0.05) is 6.54 Å². The summed E-state index contributed by atoms with van der Waals surface area (Å²) in [7, 11) is 0. The van der Waals surface area contributed by atoms with E-state index < -0.39 is 0 Å². The molecule has 3 heteroatoms. The monoisotopic (exact) mass is 237 g/mol. The standard InChI is InChI=1S/C14H23NO2/c1-4-6-7-12(5-2)10-15-14(16)13-8-9-17-11(13)3/h8-9,12H,4-7,10H2,1-3H3,(H,15,16)/t12-/m0/s1. The van der Waals surface area contributed by atoms with Crippen molar-refractivity contribution in [2.45, 2.75) is 46.5 Å². The maximum absolute atomic E-state index is 11.8. The van der Waals surface area contributed by atoms with Crippen LogP contribution in [0.3, 0.4) is 0 Å². The summed E-state index contributed by atoms with van der Waals surface area (Å²) >= 11 is 0. The van der Waals surface area contributed by atoms with Gasteiger partial charge in [0.2, 0.25) is 0 Å². The SMILES string of the molecule is CCCC[C@H](CC)CNC(=O)c1ccoc1C. The van der Waals surface area contributed by atoms with E-state index in [0.29, 0.717) is 17.2 Å². The van der Waals surface area contributed by atoms with Crippen molar-refractivity contribution in [2.75, 3.05) is 6.54 Å². The van der Waals surface area contributed by atoms with Gasteiger partial charge >= 0.3 is 0 Å². The highest BCUT2D eigenvalue weighted by atomic mass is 16.3. The van der Waals surface area contributed by atoms with E-state index in [1.165, 1.54) is 19.3 Å². The Balaban J connectivity index is 2.39. The number of furan rings is 1. The zero-order valence-electron chi connectivity index (χ0n) is 11.1. The number of carbonyl (C=O) groups excluding carboxylic acids is 1. The molecule has 0 aliphatic carbocycles. The first-order chi connectivity index (χ1) is 8.19. The predicted molar refractivity (Wildman–Crippen MR) is 69.1 cm³/mol. The van der Waals surface area contributed by atoms with Crippen LogP contribution in [0.4, 0.5) is 0 Å². The molecule has 1 aromatic rings. The van der Waals surface area contributed by atoms with Crippen LogP contribution in [-0.2, 0) is 0 Å². The molecule has 96 valence electrons. The van der Waals surface area contributed by atoms with E-state index in [2.05, 4.69) is 19.2 Å². The van der Waals surface area contributed by atoms with Crippen LogP contribution in [0.2, 0.25) is 0 Å². The summed E-state index contributed by atoms with van der Waals surface area (Å²) in [6, 6.07) is 1.72. The summed E-state index contributed by atoms with van der Waals surface area (Å²) in [4.78, 5) is 11.8. The number of hydrogen-bond donors (Lipinski definition) is 1. The van der Waals surface area contributed by atoms with E-state index in [4.69, 9.17) is 4.42 Å². The fraction of sp³-hybridized carbons (Fsp3) is 0.643. The lowest BCUT2D eigenvalue weighted by atomic mass is 9.99. The number of amides is 1. The number of carbonyl (C=O) groups is 1. The third-order valence-electron chi connectivity index (χ3n) is 3.20. The molecule has 0 unspecified atom stereocenters. The van der Waals surface area contributed by atoms with Gasteiger partial charge in [0.05, 0.1) is 11.8 Å². The van der Waals surface area contributed by atoms with Gasteiger partial charge < -0.3 is 9.73 Å². The first-order valence-corrected chi connectivity index (χ1v) is 6.51. The lowest BCUT2D eigenvalue weighted by molar-refractivity contribution is 0.0944. The zero-order valence-corrected chi connectivity index (χ0v) is 11.1. The minimum atomic E-state index is -0.0220. The normalized spacial score (nSPS) is 12.4. The predicted octanol–water partition coefficient (Wildman–Crippen LogP) is 3.53. The second-order valence-corrected chi connectivity index (χ2v) is 4.52. The molecule has 3 nitrogen and oxygen atoms in total. The molecule has 0 bridgehead atoms. The fourth-order valence-corrected chi connectivity index (χ4v) is 1.90. The van der Waals surface area contributed by atoms with Crippen LogP contribution in [0.25, 0.3) is 0 Å². The number of unbranched alkanes of at least 4 members (excludes halogenated alkanes) is 1. The van der Waals surface area contributed by atoms with Gasteiger partial charge in [-0.05, 0) is 25.3 Å². The molecular weight excluding hydrogens is 214 g/mol. The number of hydrogen-bond acceptors (Lipinski definition) is 2. The van der Waals surface area contributed by atoms with Gasteiger partial charge in [-0.2, -0.15) is 0 Å². The number of rotatable bonds is 7. The van der Waals surface area contributed by atoms with E-state index in [1.54, 1.807) is 12.3 Å². The fourth-order valence-electron chi connectivity index (χ4n) is 1.90.